The lowest BCUT2D eigenvalue weighted by molar-refractivity contribution is -0.155. The average Bonchev–Trinajstić information content (AvgIpc) is 3.42. The summed E-state index contributed by atoms with van der Waals surface area (Å²) in [4.78, 5) is 39.5. The van der Waals surface area contributed by atoms with E-state index in [0.717, 1.165) is 24.1 Å². The molecule has 1 aromatic carbocycles. The van der Waals surface area contributed by atoms with Gasteiger partial charge in [0.2, 0.25) is 5.91 Å². The molecule has 4 atom stereocenters. The Morgan fingerprint density at radius 3 is 2.71 bits per heavy atom. The van der Waals surface area contributed by atoms with Gasteiger partial charge in [-0.3, -0.25) is 14.4 Å². The third kappa shape index (κ3) is 4.65. The van der Waals surface area contributed by atoms with Gasteiger partial charge in [0, 0.05) is 25.4 Å². The molecule has 3 aliphatic rings. The molecule has 2 aliphatic heterocycles. The summed E-state index contributed by atoms with van der Waals surface area (Å²) in [6.45, 7) is 4.97. The largest absolute Gasteiger partial charge is 0.455 e. The second-order valence-corrected chi connectivity index (χ2v) is 9.07. The van der Waals surface area contributed by atoms with Gasteiger partial charge in [-0.2, -0.15) is 5.10 Å². The van der Waals surface area contributed by atoms with Gasteiger partial charge in [-0.05, 0) is 23.8 Å². The Balaban J connectivity index is 1.29. The first-order valence-corrected chi connectivity index (χ1v) is 11.3. The minimum Gasteiger partial charge on any atom is -0.455 e. The van der Waals surface area contributed by atoms with Crippen LogP contribution in [0.15, 0.2) is 35.4 Å². The van der Waals surface area contributed by atoms with Crippen LogP contribution in [-0.2, 0) is 19.1 Å². The van der Waals surface area contributed by atoms with Gasteiger partial charge >= 0.3 is 5.97 Å². The maximum absolute atomic E-state index is 12.6. The first kappa shape index (κ1) is 21.5. The van der Waals surface area contributed by atoms with Gasteiger partial charge in [-0.1, -0.05) is 57.0 Å². The maximum atomic E-state index is 12.6. The van der Waals surface area contributed by atoms with E-state index in [1.54, 1.807) is 0 Å². The fourth-order valence-electron chi connectivity index (χ4n) is 5.00. The zero-order valence-corrected chi connectivity index (χ0v) is 18.3. The number of ether oxygens (including phenoxy) is 1. The Hall–Kier alpha value is -2.70. The molecule has 7 heteroatoms. The molecule has 31 heavy (non-hydrogen) atoms. The Labute approximate surface area is 183 Å². The standard InChI is InChI=1S/C24H31N3O4/c1-16-7-6-10-21(17(16)2)26-14-19(13-22(26)28)24(30)31-15-23(29)27-12-11-20(25-27)18-8-4-3-5-9-18/h3-5,8-9,16-17,19,21H,6-7,10-15H2,1-2H3/t16-,17-,19-,21-/m1/s1. The molecule has 0 bridgehead atoms. The number of benzene rings is 1. The smallest absolute Gasteiger partial charge is 0.311 e. The highest BCUT2D eigenvalue weighted by Gasteiger charge is 2.42. The Morgan fingerprint density at radius 2 is 1.94 bits per heavy atom. The van der Waals surface area contributed by atoms with Crippen molar-refractivity contribution in [3.05, 3.63) is 35.9 Å². The molecule has 2 heterocycles. The number of esters is 1. The topological polar surface area (TPSA) is 79.3 Å². The molecular formula is C24H31N3O4. The average molecular weight is 426 g/mol. The summed E-state index contributed by atoms with van der Waals surface area (Å²) in [6.07, 6.45) is 4.15. The molecule has 7 nitrogen and oxygen atoms in total. The van der Waals surface area contributed by atoms with Crippen molar-refractivity contribution in [1.82, 2.24) is 9.91 Å². The number of rotatable bonds is 5. The monoisotopic (exact) mass is 425 g/mol. The summed E-state index contributed by atoms with van der Waals surface area (Å²) in [5.74, 6) is -0.261. The summed E-state index contributed by atoms with van der Waals surface area (Å²) < 4.78 is 5.29. The Bertz CT molecular complexity index is 869. The first-order chi connectivity index (χ1) is 14.9. The zero-order chi connectivity index (χ0) is 22.0. The fourth-order valence-corrected chi connectivity index (χ4v) is 5.00. The number of likely N-dealkylation sites (tertiary alicyclic amines) is 1. The minimum absolute atomic E-state index is 0.0240. The number of hydrazone groups is 1. The van der Waals surface area contributed by atoms with Gasteiger partial charge in [-0.25, -0.2) is 5.01 Å². The van der Waals surface area contributed by atoms with E-state index in [9.17, 15) is 14.4 Å². The number of carbonyl (C=O) groups excluding carboxylic acids is 3. The van der Waals surface area contributed by atoms with Crippen LogP contribution < -0.4 is 0 Å². The van der Waals surface area contributed by atoms with Crippen LogP contribution in [0.5, 0.6) is 0 Å². The summed E-state index contributed by atoms with van der Waals surface area (Å²) in [6, 6.07) is 9.93. The van der Waals surface area contributed by atoms with Gasteiger partial charge in [0.15, 0.2) is 6.61 Å². The van der Waals surface area contributed by atoms with Gasteiger partial charge in [0.25, 0.3) is 5.91 Å². The number of hydrogen-bond acceptors (Lipinski definition) is 5. The minimum atomic E-state index is -0.494. The molecule has 1 aromatic rings. The lowest BCUT2D eigenvalue weighted by Gasteiger charge is -2.39. The molecule has 0 aromatic heterocycles. The second-order valence-electron chi connectivity index (χ2n) is 9.07. The summed E-state index contributed by atoms with van der Waals surface area (Å²) in [5.41, 5.74) is 1.85. The van der Waals surface area contributed by atoms with Crippen molar-refractivity contribution < 1.29 is 19.1 Å². The maximum Gasteiger partial charge on any atom is 0.311 e. The van der Waals surface area contributed by atoms with E-state index in [1.165, 1.54) is 11.4 Å². The van der Waals surface area contributed by atoms with Crippen molar-refractivity contribution in [2.24, 2.45) is 22.9 Å². The third-order valence-corrected chi connectivity index (χ3v) is 7.09. The molecule has 0 radical (unpaired) electrons. The number of carbonyl (C=O) groups is 3. The second kappa shape index (κ2) is 9.20. The predicted octanol–water partition coefficient (Wildman–Crippen LogP) is 2.84. The molecule has 1 saturated heterocycles. The Kier molecular flexibility index (Phi) is 6.39. The highest BCUT2D eigenvalue weighted by Crippen LogP contribution is 2.35. The SMILES string of the molecule is C[C@@H]1[C@H](C)CCC[C@H]1N1C[C@H](C(=O)OCC(=O)N2CCC(c3ccccc3)=N2)CC1=O. The van der Waals surface area contributed by atoms with Crippen LogP contribution in [0.4, 0.5) is 0 Å². The van der Waals surface area contributed by atoms with E-state index < -0.39 is 11.9 Å². The van der Waals surface area contributed by atoms with E-state index in [4.69, 9.17) is 4.74 Å². The third-order valence-electron chi connectivity index (χ3n) is 7.09. The zero-order valence-electron chi connectivity index (χ0n) is 18.3. The normalized spacial score (nSPS) is 28.6. The lowest BCUT2D eigenvalue weighted by Crippen LogP contribution is -2.45. The van der Waals surface area contributed by atoms with Gasteiger partial charge in [0.1, 0.15) is 0 Å². The van der Waals surface area contributed by atoms with Crippen molar-refractivity contribution in [3.8, 4) is 0 Å². The molecular weight excluding hydrogens is 394 g/mol. The van der Waals surface area contributed by atoms with Gasteiger partial charge < -0.3 is 9.64 Å². The highest BCUT2D eigenvalue weighted by molar-refractivity contribution is 6.02. The summed E-state index contributed by atoms with van der Waals surface area (Å²) >= 11 is 0. The number of nitrogens with zero attached hydrogens (tertiary/aromatic N) is 3. The van der Waals surface area contributed by atoms with E-state index in [-0.39, 0.29) is 30.9 Å². The van der Waals surface area contributed by atoms with Crippen LogP contribution in [0.1, 0.15) is 51.5 Å². The molecule has 0 unspecified atom stereocenters. The lowest BCUT2D eigenvalue weighted by atomic mass is 9.77. The van der Waals surface area contributed by atoms with Crippen molar-refractivity contribution >= 4 is 23.5 Å². The molecule has 1 aliphatic carbocycles. The molecule has 1 saturated carbocycles. The van der Waals surface area contributed by atoms with E-state index >= 15 is 0 Å². The van der Waals surface area contributed by atoms with Crippen LogP contribution in [0.2, 0.25) is 0 Å². The van der Waals surface area contributed by atoms with E-state index in [0.29, 0.717) is 31.3 Å². The molecule has 4 rings (SSSR count). The Morgan fingerprint density at radius 1 is 1.16 bits per heavy atom. The van der Waals surface area contributed by atoms with Crippen molar-refractivity contribution in [1.29, 1.82) is 0 Å². The number of hydrogen-bond donors (Lipinski definition) is 0. The highest BCUT2D eigenvalue weighted by atomic mass is 16.5. The van der Waals surface area contributed by atoms with Crippen LogP contribution in [0.3, 0.4) is 0 Å². The van der Waals surface area contributed by atoms with Gasteiger partial charge in [-0.15, -0.1) is 0 Å². The van der Waals surface area contributed by atoms with E-state index in [1.807, 2.05) is 35.2 Å². The molecule has 0 spiro atoms. The molecule has 2 fully saturated rings. The van der Waals surface area contributed by atoms with Gasteiger partial charge in [0.05, 0.1) is 18.2 Å². The van der Waals surface area contributed by atoms with Crippen LogP contribution in [0.25, 0.3) is 0 Å². The van der Waals surface area contributed by atoms with Crippen molar-refractivity contribution in [2.45, 2.75) is 52.0 Å². The molecule has 166 valence electrons. The van der Waals surface area contributed by atoms with Crippen LogP contribution in [-0.4, -0.2) is 59.1 Å². The predicted molar refractivity (Wildman–Crippen MR) is 116 cm³/mol. The number of amides is 2. The fraction of sp³-hybridized carbons (Fsp3) is 0.583. The van der Waals surface area contributed by atoms with Crippen LogP contribution in [0, 0.1) is 17.8 Å². The van der Waals surface area contributed by atoms with Crippen molar-refractivity contribution in [3.63, 3.8) is 0 Å². The summed E-state index contributed by atoms with van der Waals surface area (Å²) in [5, 5.41) is 5.75. The van der Waals surface area contributed by atoms with Crippen LogP contribution >= 0.6 is 0 Å². The molecule has 2 amide bonds. The summed E-state index contributed by atoms with van der Waals surface area (Å²) in [7, 11) is 0. The quantitative estimate of drug-likeness (QED) is 0.680. The molecule has 0 N–H and O–H groups in total. The van der Waals surface area contributed by atoms with E-state index in [2.05, 4.69) is 18.9 Å². The van der Waals surface area contributed by atoms with Crippen molar-refractivity contribution in [2.75, 3.05) is 19.7 Å². The first-order valence-electron chi connectivity index (χ1n) is 11.3.